The van der Waals surface area contributed by atoms with E-state index in [-0.39, 0.29) is 6.54 Å². The zero-order valence-corrected chi connectivity index (χ0v) is 16.9. The molecule has 152 valence electrons. The zero-order chi connectivity index (χ0) is 19.6. The van der Waals surface area contributed by atoms with E-state index >= 15 is 0 Å². The van der Waals surface area contributed by atoms with Crippen molar-refractivity contribution in [2.45, 2.75) is 25.9 Å². The minimum Gasteiger partial charge on any atom is -0.497 e. The summed E-state index contributed by atoms with van der Waals surface area (Å²) in [4.78, 5) is 6.59. The predicted octanol–water partition coefficient (Wildman–Crippen LogP) is 2.06. The monoisotopic (exact) mass is 379 g/mol. The molecule has 0 spiro atoms. The van der Waals surface area contributed by atoms with Crippen molar-refractivity contribution in [3.63, 3.8) is 0 Å². The molecule has 7 heteroatoms. The Bertz CT molecular complexity index is 583. The fraction of sp³-hybridized carbons (Fsp3) is 0.650. The fourth-order valence-corrected chi connectivity index (χ4v) is 2.61. The van der Waals surface area contributed by atoms with Gasteiger partial charge in [0.1, 0.15) is 11.5 Å². The summed E-state index contributed by atoms with van der Waals surface area (Å²) in [6.07, 6.45) is 1.85. The number of benzene rings is 1. The SMILES string of the molecule is CCNC(=NCC(O)c1cc(OC)cc(OC)c1)N(C)CCOCC1CC1. The van der Waals surface area contributed by atoms with Crippen LogP contribution in [0.5, 0.6) is 11.5 Å². The number of likely N-dealkylation sites (N-methyl/N-ethyl adjacent to an activating group) is 1. The van der Waals surface area contributed by atoms with E-state index in [0.717, 1.165) is 31.6 Å². The Hall–Kier alpha value is -1.99. The van der Waals surface area contributed by atoms with E-state index in [1.54, 1.807) is 32.4 Å². The van der Waals surface area contributed by atoms with Crippen LogP contribution in [0.15, 0.2) is 23.2 Å². The summed E-state index contributed by atoms with van der Waals surface area (Å²) in [5.41, 5.74) is 0.709. The molecule has 1 aliphatic rings. The summed E-state index contributed by atoms with van der Waals surface area (Å²) >= 11 is 0. The Morgan fingerprint density at radius 1 is 1.26 bits per heavy atom. The van der Waals surface area contributed by atoms with Gasteiger partial charge in [-0.3, -0.25) is 4.99 Å². The van der Waals surface area contributed by atoms with Crippen molar-refractivity contribution in [1.29, 1.82) is 0 Å². The highest BCUT2D eigenvalue weighted by molar-refractivity contribution is 5.79. The Balaban J connectivity index is 1.93. The first-order valence-corrected chi connectivity index (χ1v) is 9.55. The number of ether oxygens (including phenoxy) is 3. The minimum atomic E-state index is -0.748. The second kappa shape index (κ2) is 11.0. The van der Waals surface area contributed by atoms with E-state index < -0.39 is 6.10 Å². The third kappa shape index (κ3) is 7.27. The number of nitrogens with one attached hydrogen (secondary N) is 1. The van der Waals surface area contributed by atoms with E-state index in [4.69, 9.17) is 14.2 Å². The molecule has 2 N–H and O–H groups in total. The molecule has 2 rings (SSSR count). The first-order valence-electron chi connectivity index (χ1n) is 9.55. The lowest BCUT2D eigenvalue weighted by Gasteiger charge is -2.22. The molecule has 0 saturated heterocycles. The summed E-state index contributed by atoms with van der Waals surface area (Å²) in [7, 11) is 5.15. The highest BCUT2D eigenvalue weighted by Crippen LogP contribution is 2.28. The van der Waals surface area contributed by atoms with Crippen molar-refractivity contribution >= 4 is 5.96 Å². The van der Waals surface area contributed by atoms with Gasteiger partial charge in [0.2, 0.25) is 0 Å². The molecule has 1 aromatic rings. The molecule has 1 aromatic carbocycles. The Morgan fingerprint density at radius 3 is 2.48 bits per heavy atom. The van der Waals surface area contributed by atoms with Gasteiger partial charge in [-0.1, -0.05) is 0 Å². The lowest BCUT2D eigenvalue weighted by molar-refractivity contribution is 0.115. The quantitative estimate of drug-likeness (QED) is 0.348. The molecule has 0 radical (unpaired) electrons. The van der Waals surface area contributed by atoms with E-state index in [9.17, 15) is 5.11 Å². The smallest absolute Gasteiger partial charge is 0.193 e. The van der Waals surface area contributed by atoms with Crippen LogP contribution in [0, 0.1) is 5.92 Å². The van der Waals surface area contributed by atoms with E-state index in [1.165, 1.54) is 12.8 Å². The number of guanidine groups is 1. The van der Waals surface area contributed by atoms with Gasteiger partial charge in [-0.15, -0.1) is 0 Å². The third-order valence-electron chi connectivity index (χ3n) is 4.49. The lowest BCUT2D eigenvalue weighted by atomic mass is 10.1. The standard InChI is InChI=1S/C20H33N3O4/c1-5-21-20(23(2)8-9-27-14-15-6-7-15)22-13-19(24)16-10-17(25-3)12-18(11-16)26-4/h10-12,15,19,24H,5-9,13-14H2,1-4H3,(H,21,22). The average Bonchev–Trinajstić information content (AvgIpc) is 3.51. The van der Waals surface area contributed by atoms with Crippen molar-refractivity contribution in [2.75, 3.05) is 54.1 Å². The second-order valence-corrected chi connectivity index (χ2v) is 6.80. The molecule has 0 amide bonds. The molecule has 0 bridgehead atoms. The number of hydrogen-bond acceptors (Lipinski definition) is 5. The number of nitrogens with zero attached hydrogens (tertiary/aromatic N) is 2. The maximum atomic E-state index is 10.6. The van der Waals surface area contributed by atoms with Gasteiger partial charge in [0.15, 0.2) is 5.96 Å². The van der Waals surface area contributed by atoms with Crippen LogP contribution in [0.2, 0.25) is 0 Å². The molecule has 0 aromatic heterocycles. The number of aliphatic hydroxyl groups excluding tert-OH is 1. The summed E-state index contributed by atoms with van der Waals surface area (Å²) in [5.74, 6) is 2.81. The van der Waals surface area contributed by atoms with Crippen LogP contribution in [0.4, 0.5) is 0 Å². The van der Waals surface area contributed by atoms with Crippen LogP contribution in [0.1, 0.15) is 31.4 Å². The highest BCUT2D eigenvalue weighted by atomic mass is 16.5. The Morgan fingerprint density at radius 2 is 1.93 bits per heavy atom. The summed E-state index contributed by atoms with van der Waals surface area (Å²) in [6.45, 7) is 5.31. The number of rotatable bonds is 11. The molecular formula is C20H33N3O4. The number of methoxy groups -OCH3 is 2. The summed E-state index contributed by atoms with van der Waals surface area (Å²) in [5, 5.41) is 13.8. The zero-order valence-electron chi connectivity index (χ0n) is 16.9. The van der Waals surface area contributed by atoms with E-state index in [2.05, 4.69) is 10.3 Å². The van der Waals surface area contributed by atoms with Gasteiger partial charge in [-0.2, -0.15) is 0 Å². The summed E-state index contributed by atoms with van der Waals surface area (Å²) in [6, 6.07) is 5.37. The van der Waals surface area contributed by atoms with Gasteiger partial charge in [0.25, 0.3) is 0 Å². The molecule has 1 atom stereocenters. The molecule has 7 nitrogen and oxygen atoms in total. The van der Waals surface area contributed by atoms with Crippen molar-refractivity contribution in [1.82, 2.24) is 10.2 Å². The van der Waals surface area contributed by atoms with E-state index in [0.29, 0.717) is 23.7 Å². The Labute approximate surface area is 162 Å². The molecule has 1 saturated carbocycles. The number of hydrogen-bond donors (Lipinski definition) is 2. The number of aliphatic imine (C=N–C) groups is 1. The number of aliphatic hydroxyl groups is 1. The van der Waals surface area contributed by atoms with Crippen LogP contribution < -0.4 is 14.8 Å². The van der Waals surface area contributed by atoms with Crippen molar-refractivity contribution in [2.24, 2.45) is 10.9 Å². The van der Waals surface area contributed by atoms with Crippen LogP contribution >= 0.6 is 0 Å². The topological polar surface area (TPSA) is 75.6 Å². The summed E-state index contributed by atoms with van der Waals surface area (Å²) < 4.78 is 16.2. The van der Waals surface area contributed by atoms with Crippen LogP contribution in [-0.2, 0) is 4.74 Å². The molecule has 1 aliphatic carbocycles. The largest absolute Gasteiger partial charge is 0.497 e. The molecule has 27 heavy (non-hydrogen) atoms. The van der Waals surface area contributed by atoms with Gasteiger partial charge in [-0.25, -0.2) is 0 Å². The molecule has 0 aliphatic heterocycles. The average molecular weight is 380 g/mol. The second-order valence-electron chi connectivity index (χ2n) is 6.80. The van der Waals surface area contributed by atoms with Crippen molar-refractivity contribution in [3.8, 4) is 11.5 Å². The normalized spacial score (nSPS) is 15.4. The van der Waals surface area contributed by atoms with Crippen LogP contribution in [-0.4, -0.2) is 70.1 Å². The van der Waals surface area contributed by atoms with Gasteiger partial charge in [0, 0.05) is 32.8 Å². The maximum Gasteiger partial charge on any atom is 0.193 e. The van der Waals surface area contributed by atoms with Gasteiger partial charge >= 0.3 is 0 Å². The highest BCUT2D eigenvalue weighted by Gasteiger charge is 2.21. The van der Waals surface area contributed by atoms with Gasteiger partial charge in [-0.05, 0) is 43.4 Å². The van der Waals surface area contributed by atoms with Gasteiger partial charge in [0.05, 0.1) is 33.5 Å². The van der Waals surface area contributed by atoms with Gasteiger partial charge < -0.3 is 29.5 Å². The fourth-order valence-electron chi connectivity index (χ4n) is 2.61. The first kappa shape index (κ1) is 21.3. The van der Waals surface area contributed by atoms with Crippen molar-refractivity contribution in [3.05, 3.63) is 23.8 Å². The predicted molar refractivity (Wildman–Crippen MR) is 107 cm³/mol. The molecular weight excluding hydrogens is 346 g/mol. The van der Waals surface area contributed by atoms with E-state index in [1.807, 2.05) is 18.9 Å². The maximum absolute atomic E-state index is 10.6. The molecule has 1 unspecified atom stereocenters. The van der Waals surface area contributed by atoms with Crippen molar-refractivity contribution < 1.29 is 19.3 Å². The lowest BCUT2D eigenvalue weighted by Crippen LogP contribution is -2.40. The Kier molecular flexibility index (Phi) is 8.67. The third-order valence-corrected chi connectivity index (χ3v) is 4.49. The minimum absolute atomic E-state index is 0.242. The van der Waals surface area contributed by atoms with Crippen LogP contribution in [0.25, 0.3) is 0 Å². The molecule has 1 fully saturated rings. The molecule has 0 heterocycles. The van der Waals surface area contributed by atoms with Crippen LogP contribution in [0.3, 0.4) is 0 Å². The first-order chi connectivity index (χ1) is 13.1.